The number of carbonyl (C=O) groups is 1. The van der Waals surface area contributed by atoms with Crippen LogP contribution in [0.15, 0.2) is 46.3 Å². The first-order valence-corrected chi connectivity index (χ1v) is 8.73. The van der Waals surface area contributed by atoms with E-state index in [1.54, 1.807) is 16.2 Å². The fourth-order valence-corrected chi connectivity index (χ4v) is 3.01. The predicted molar refractivity (Wildman–Crippen MR) is 93.6 cm³/mol. The van der Waals surface area contributed by atoms with Crippen molar-refractivity contribution < 1.29 is 9.32 Å². The number of amides is 1. The van der Waals surface area contributed by atoms with Crippen LogP contribution < -0.4 is 0 Å². The van der Waals surface area contributed by atoms with Crippen molar-refractivity contribution in [3.05, 3.63) is 58.8 Å². The number of aromatic nitrogens is 2. The minimum Gasteiger partial charge on any atom is -0.337 e. The van der Waals surface area contributed by atoms with Crippen molar-refractivity contribution in [2.45, 2.75) is 26.8 Å². The molecule has 0 atom stereocenters. The van der Waals surface area contributed by atoms with E-state index < -0.39 is 0 Å². The second kappa shape index (κ2) is 7.40. The predicted octanol–water partition coefficient (Wildman–Crippen LogP) is 3.70. The van der Waals surface area contributed by atoms with Gasteiger partial charge in [-0.15, -0.1) is 11.3 Å². The summed E-state index contributed by atoms with van der Waals surface area (Å²) in [5.74, 6) is 1.08. The van der Waals surface area contributed by atoms with Crippen LogP contribution in [0.4, 0.5) is 0 Å². The van der Waals surface area contributed by atoms with Crippen molar-refractivity contribution in [2.24, 2.45) is 0 Å². The second-order valence-corrected chi connectivity index (χ2v) is 6.51. The summed E-state index contributed by atoms with van der Waals surface area (Å²) >= 11 is 1.56. The van der Waals surface area contributed by atoms with E-state index in [1.165, 1.54) is 5.56 Å². The summed E-state index contributed by atoms with van der Waals surface area (Å²) in [6.07, 6.45) is 0.375. The molecule has 3 rings (SSSR count). The molecule has 0 saturated heterocycles. The molecule has 0 aliphatic carbocycles. The molecule has 124 valence electrons. The Morgan fingerprint density at radius 1 is 1.25 bits per heavy atom. The van der Waals surface area contributed by atoms with Gasteiger partial charge in [-0.3, -0.25) is 4.79 Å². The molecule has 0 spiro atoms. The maximum absolute atomic E-state index is 12.5. The first kappa shape index (κ1) is 16.4. The molecule has 5 nitrogen and oxygen atoms in total. The van der Waals surface area contributed by atoms with E-state index >= 15 is 0 Å². The van der Waals surface area contributed by atoms with Crippen LogP contribution in [0.1, 0.15) is 23.9 Å². The zero-order chi connectivity index (χ0) is 16.9. The van der Waals surface area contributed by atoms with Crippen molar-refractivity contribution in [1.29, 1.82) is 0 Å². The van der Waals surface area contributed by atoms with Gasteiger partial charge in [-0.2, -0.15) is 4.98 Å². The number of hydrogen-bond donors (Lipinski definition) is 0. The average molecular weight is 341 g/mol. The zero-order valence-electron chi connectivity index (χ0n) is 13.7. The molecule has 0 saturated carbocycles. The molecular formula is C18H19N3O2S. The van der Waals surface area contributed by atoms with Crippen molar-refractivity contribution in [3.63, 3.8) is 0 Å². The molecule has 3 aromatic rings. The lowest BCUT2D eigenvalue weighted by Gasteiger charge is -2.18. The number of rotatable bonds is 6. The van der Waals surface area contributed by atoms with Crippen LogP contribution in [0.5, 0.6) is 0 Å². The van der Waals surface area contributed by atoms with Gasteiger partial charge in [-0.25, -0.2) is 0 Å². The first-order chi connectivity index (χ1) is 11.7. The normalized spacial score (nSPS) is 10.8. The molecule has 2 heterocycles. The maximum Gasteiger partial charge on any atom is 0.246 e. The quantitative estimate of drug-likeness (QED) is 0.686. The van der Waals surface area contributed by atoms with E-state index in [-0.39, 0.29) is 5.91 Å². The maximum atomic E-state index is 12.5. The van der Waals surface area contributed by atoms with E-state index in [1.807, 2.05) is 55.6 Å². The lowest BCUT2D eigenvalue weighted by atomic mass is 10.1. The molecule has 6 heteroatoms. The van der Waals surface area contributed by atoms with Gasteiger partial charge in [0.2, 0.25) is 17.6 Å². The van der Waals surface area contributed by atoms with Crippen LogP contribution in [0.2, 0.25) is 0 Å². The molecule has 0 aliphatic heterocycles. The Morgan fingerprint density at radius 3 is 2.71 bits per heavy atom. The molecule has 2 aromatic heterocycles. The van der Waals surface area contributed by atoms with Crippen molar-refractivity contribution >= 4 is 17.2 Å². The summed E-state index contributed by atoms with van der Waals surface area (Å²) in [5, 5.41) is 5.95. The molecule has 1 aromatic carbocycles. The van der Waals surface area contributed by atoms with Gasteiger partial charge in [0.15, 0.2) is 0 Å². The highest BCUT2D eigenvalue weighted by molar-refractivity contribution is 7.13. The highest BCUT2D eigenvalue weighted by Gasteiger charge is 2.17. The van der Waals surface area contributed by atoms with Crippen LogP contribution in [0.3, 0.4) is 0 Å². The third kappa shape index (κ3) is 3.89. The van der Waals surface area contributed by atoms with Crippen molar-refractivity contribution in [3.8, 4) is 10.7 Å². The van der Waals surface area contributed by atoms with Crippen LogP contribution >= 0.6 is 11.3 Å². The van der Waals surface area contributed by atoms with Crippen LogP contribution in [-0.4, -0.2) is 27.5 Å². The zero-order valence-corrected chi connectivity index (χ0v) is 14.5. The summed E-state index contributed by atoms with van der Waals surface area (Å²) in [5.41, 5.74) is 2.19. The number of thiophene rings is 1. The third-order valence-corrected chi connectivity index (χ3v) is 4.61. The molecule has 1 amide bonds. The number of carbonyl (C=O) groups excluding carboxylic acids is 1. The van der Waals surface area contributed by atoms with Crippen molar-refractivity contribution in [1.82, 2.24) is 15.0 Å². The minimum atomic E-state index is 0.0530. The highest BCUT2D eigenvalue weighted by Crippen LogP contribution is 2.21. The molecule has 0 bridgehead atoms. The number of hydrogen-bond acceptors (Lipinski definition) is 5. The Labute approximate surface area is 144 Å². The number of nitrogens with zero attached hydrogens (tertiary/aromatic N) is 3. The van der Waals surface area contributed by atoms with Crippen molar-refractivity contribution in [2.75, 3.05) is 6.54 Å². The highest BCUT2D eigenvalue weighted by atomic mass is 32.1. The monoisotopic (exact) mass is 341 g/mol. The van der Waals surface area contributed by atoms with Gasteiger partial charge < -0.3 is 9.42 Å². The lowest BCUT2D eigenvalue weighted by Crippen LogP contribution is -2.31. The van der Waals surface area contributed by atoms with Gasteiger partial charge in [-0.1, -0.05) is 41.1 Å². The lowest BCUT2D eigenvalue weighted by molar-refractivity contribution is -0.131. The van der Waals surface area contributed by atoms with Gasteiger partial charge in [0.05, 0.1) is 17.8 Å². The number of likely N-dealkylation sites (N-methyl/N-ethyl adjacent to an activating group) is 1. The summed E-state index contributed by atoms with van der Waals surface area (Å²) in [4.78, 5) is 19.6. The molecule has 0 N–H and O–H groups in total. The van der Waals surface area contributed by atoms with Crippen LogP contribution in [0, 0.1) is 6.92 Å². The van der Waals surface area contributed by atoms with E-state index in [2.05, 4.69) is 10.1 Å². The summed E-state index contributed by atoms with van der Waals surface area (Å²) in [7, 11) is 0. The van der Waals surface area contributed by atoms with Crippen LogP contribution in [-0.2, 0) is 17.8 Å². The smallest absolute Gasteiger partial charge is 0.246 e. The molecule has 0 radical (unpaired) electrons. The number of benzene rings is 1. The Morgan fingerprint density at radius 2 is 2.04 bits per heavy atom. The van der Waals surface area contributed by atoms with E-state index in [9.17, 15) is 4.79 Å². The SMILES string of the molecule is CCN(Cc1nc(-c2cccs2)no1)C(=O)Cc1ccc(C)cc1. The van der Waals surface area contributed by atoms with Gasteiger partial charge in [0.1, 0.15) is 0 Å². The average Bonchev–Trinajstić information content (AvgIpc) is 3.25. The summed E-state index contributed by atoms with van der Waals surface area (Å²) in [6.45, 7) is 4.91. The van der Waals surface area contributed by atoms with Gasteiger partial charge in [-0.05, 0) is 30.9 Å². The molecular weight excluding hydrogens is 322 g/mol. The number of aryl methyl sites for hydroxylation is 1. The Bertz CT molecular complexity index is 794. The topological polar surface area (TPSA) is 59.2 Å². The Kier molecular flexibility index (Phi) is 5.05. The molecule has 0 fully saturated rings. The van der Waals surface area contributed by atoms with E-state index in [0.29, 0.717) is 31.2 Å². The first-order valence-electron chi connectivity index (χ1n) is 7.85. The largest absolute Gasteiger partial charge is 0.337 e. The Balaban J connectivity index is 1.65. The fourth-order valence-electron chi connectivity index (χ4n) is 2.36. The summed E-state index contributed by atoms with van der Waals surface area (Å²) in [6, 6.07) is 11.9. The second-order valence-electron chi connectivity index (χ2n) is 5.56. The van der Waals surface area contributed by atoms with Gasteiger partial charge in [0.25, 0.3) is 0 Å². The minimum absolute atomic E-state index is 0.0530. The van der Waals surface area contributed by atoms with Crippen LogP contribution in [0.25, 0.3) is 10.7 Å². The third-order valence-electron chi connectivity index (χ3n) is 3.75. The van der Waals surface area contributed by atoms with E-state index in [4.69, 9.17) is 4.52 Å². The summed E-state index contributed by atoms with van der Waals surface area (Å²) < 4.78 is 5.29. The van der Waals surface area contributed by atoms with E-state index in [0.717, 1.165) is 10.4 Å². The molecule has 0 aliphatic rings. The molecule has 0 unspecified atom stereocenters. The molecule has 24 heavy (non-hydrogen) atoms. The Hall–Kier alpha value is -2.47. The van der Waals surface area contributed by atoms with Gasteiger partial charge >= 0.3 is 0 Å². The standard InChI is InChI=1S/C18H19N3O2S/c1-3-21(17(22)11-14-8-6-13(2)7-9-14)12-16-19-18(20-23-16)15-5-4-10-24-15/h4-10H,3,11-12H2,1-2H3. The van der Waals surface area contributed by atoms with Gasteiger partial charge in [0, 0.05) is 6.54 Å². The fraction of sp³-hybridized carbons (Fsp3) is 0.278.